The number of hydrogen-bond acceptors (Lipinski definition) is 6. The number of rotatable bonds is 4. The summed E-state index contributed by atoms with van der Waals surface area (Å²) in [4.78, 5) is 16.2. The van der Waals surface area contributed by atoms with Gasteiger partial charge in [-0.1, -0.05) is 0 Å². The summed E-state index contributed by atoms with van der Waals surface area (Å²) in [6.45, 7) is 2.76. The smallest absolute Gasteiger partial charge is 0.250 e. The summed E-state index contributed by atoms with van der Waals surface area (Å²) < 4.78 is 3.48. The van der Waals surface area contributed by atoms with E-state index < -0.39 is 0 Å². The number of piperidine rings is 1. The maximum Gasteiger partial charge on any atom is 0.250 e. The first-order chi connectivity index (χ1) is 13.0. The zero-order valence-electron chi connectivity index (χ0n) is 16.0. The van der Waals surface area contributed by atoms with Gasteiger partial charge in [-0.15, -0.1) is 15.3 Å². The molecule has 0 aliphatic carbocycles. The van der Waals surface area contributed by atoms with Gasteiger partial charge in [-0.25, -0.2) is 0 Å². The Morgan fingerprint density at radius 2 is 1.93 bits per heavy atom. The Morgan fingerprint density at radius 3 is 2.63 bits per heavy atom. The number of aryl methyl sites for hydroxylation is 1. The van der Waals surface area contributed by atoms with Crippen molar-refractivity contribution in [1.29, 1.82) is 0 Å². The Morgan fingerprint density at radius 1 is 1.15 bits per heavy atom. The summed E-state index contributed by atoms with van der Waals surface area (Å²) in [7, 11) is 5.73. The number of hydrogen-bond donors (Lipinski definition) is 0. The SMILES string of the molecule is CN(C)c1ccc2nnc(C3CCN(Cc4ccn(C)c(=O)c4)CC3)n2n1. The molecule has 1 saturated heterocycles. The van der Waals surface area contributed by atoms with Gasteiger partial charge in [0.05, 0.1) is 0 Å². The minimum absolute atomic E-state index is 0.0417. The predicted molar refractivity (Wildman–Crippen MR) is 104 cm³/mol. The van der Waals surface area contributed by atoms with Crippen LogP contribution < -0.4 is 10.5 Å². The maximum absolute atomic E-state index is 11.8. The number of anilines is 1. The highest BCUT2D eigenvalue weighted by Crippen LogP contribution is 2.27. The summed E-state index contributed by atoms with van der Waals surface area (Å²) in [5.41, 5.74) is 1.90. The van der Waals surface area contributed by atoms with Crippen molar-refractivity contribution in [1.82, 2.24) is 29.3 Å². The van der Waals surface area contributed by atoms with Crippen molar-refractivity contribution in [3.05, 3.63) is 52.2 Å². The van der Waals surface area contributed by atoms with E-state index in [2.05, 4.69) is 20.2 Å². The van der Waals surface area contributed by atoms with Gasteiger partial charge in [0.25, 0.3) is 5.56 Å². The van der Waals surface area contributed by atoms with E-state index in [9.17, 15) is 4.79 Å². The molecular weight excluding hydrogens is 342 g/mol. The lowest BCUT2D eigenvalue weighted by Gasteiger charge is -2.31. The molecule has 4 heterocycles. The Bertz CT molecular complexity index is 999. The quantitative estimate of drug-likeness (QED) is 0.692. The molecule has 27 heavy (non-hydrogen) atoms. The third-order valence-electron chi connectivity index (χ3n) is 5.26. The third kappa shape index (κ3) is 3.57. The molecule has 3 aromatic heterocycles. The molecule has 0 unspecified atom stereocenters. The van der Waals surface area contributed by atoms with Crippen LogP contribution in [0.5, 0.6) is 0 Å². The summed E-state index contributed by atoms with van der Waals surface area (Å²) in [5.74, 6) is 2.19. The van der Waals surface area contributed by atoms with Crippen LogP contribution in [0.1, 0.15) is 30.1 Å². The zero-order valence-corrected chi connectivity index (χ0v) is 16.0. The Balaban J connectivity index is 1.46. The van der Waals surface area contributed by atoms with Gasteiger partial charge < -0.3 is 9.47 Å². The van der Waals surface area contributed by atoms with Crippen LogP contribution in [0.25, 0.3) is 5.65 Å². The largest absolute Gasteiger partial charge is 0.361 e. The van der Waals surface area contributed by atoms with Crippen molar-refractivity contribution in [2.24, 2.45) is 7.05 Å². The molecule has 4 rings (SSSR count). The van der Waals surface area contributed by atoms with Gasteiger partial charge in [-0.3, -0.25) is 9.69 Å². The number of nitrogens with zero attached hydrogens (tertiary/aromatic N) is 7. The third-order valence-corrected chi connectivity index (χ3v) is 5.26. The molecule has 0 atom stereocenters. The standard InChI is InChI=1S/C19H25N7O/c1-23(2)17-5-4-16-20-21-19(26(16)22-17)15-7-10-25(11-8-15)13-14-6-9-24(3)18(27)12-14/h4-6,9,12,15H,7-8,10-11,13H2,1-3H3. The Kier molecular flexibility index (Phi) is 4.65. The zero-order chi connectivity index (χ0) is 19.0. The topological polar surface area (TPSA) is 71.6 Å². The van der Waals surface area contributed by atoms with E-state index in [1.165, 1.54) is 0 Å². The molecule has 1 aliphatic heterocycles. The maximum atomic E-state index is 11.8. The normalized spacial score (nSPS) is 16.1. The second-order valence-electron chi connectivity index (χ2n) is 7.45. The highest BCUT2D eigenvalue weighted by molar-refractivity contribution is 5.45. The molecule has 3 aromatic rings. The molecule has 142 valence electrons. The number of likely N-dealkylation sites (tertiary alicyclic amines) is 1. The van der Waals surface area contributed by atoms with Crippen LogP contribution >= 0.6 is 0 Å². The molecule has 8 heteroatoms. The molecular formula is C19H25N7O. The van der Waals surface area contributed by atoms with Crippen molar-refractivity contribution in [3.8, 4) is 0 Å². The van der Waals surface area contributed by atoms with E-state index in [1.807, 2.05) is 47.9 Å². The van der Waals surface area contributed by atoms with Crippen LogP contribution in [0.4, 0.5) is 5.82 Å². The fraction of sp³-hybridized carbons (Fsp3) is 0.474. The average molecular weight is 367 g/mol. The molecule has 0 spiro atoms. The fourth-order valence-corrected chi connectivity index (χ4v) is 3.58. The second-order valence-corrected chi connectivity index (χ2v) is 7.45. The van der Waals surface area contributed by atoms with E-state index in [0.29, 0.717) is 5.92 Å². The van der Waals surface area contributed by atoms with Gasteiger partial charge in [-0.2, -0.15) is 4.52 Å². The van der Waals surface area contributed by atoms with Gasteiger partial charge in [0, 0.05) is 45.9 Å². The minimum Gasteiger partial charge on any atom is -0.361 e. The van der Waals surface area contributed by atoms with Crippen molar-refractivity contribution in [2.45, 2.75) is 25.3 Å². The molecule has 0 N–H and O–H groups in total. The van der Waals surface area contributed by atoms with Crippen LogP contribution in [0, 0.1) is 0 Å². The van der Waals surface area contributed by atoms with Gasteiger partial charge in [-0.05, 0) is 49.7 Å². The summed E-state index contributed by atoms with van der Waals surface area (Å²) >= 11 is 0. The second kappa shape index (κ2) is 7.11. The predicted octanol–water partition coefficient (Wildman–Crippen LogP) is 1.27. The van der Waals surface area contributed by atoms with E-state index in [0.717, 1.165) is 55.3 Å². The Hall–Kier alpha value is -2.74. The molecule has 0 amide bonds. The van der Waals surface area contributed by atoms with Crippen LogP contribution in [-0.2, 0) is 13.6 Å². The lowest BCUT2D eigenvalue weighted by Crippen LogP contribution is -2.33. The lowest BCUT2D eigenvalue weighted by molar-refractivity contribution is 0.200. The molecule has 1 aliphatic rings. The van der Waals surface area contributed by atoms with Crippen molar-refractivity contribution >= 4 is 11.5 Å². The highest BCUT2D eigenvalue weighted by Gasteiger charge is 2.25. The molecule has 8 nitrogen and oxygen atoms in total. The van der Waals surface area contributed by atoms with Crippen LogP contribution in [0.3, 0.4) is 0 Å². The number of fused-ring (bicyclic) bond motifs is 1. The molecule has 1 fully saturated rings. The first kappa shape index (κ1) is 17.7. The average Bonchev–Trinajstić information content (AvgIpc) is 3.08. The van der Waals surface area contributed by atoms with Gasteiger partial charge in [0.2, 0.25) is 0 Å². The Labute approximate surface area is 158 Å². The minimum atomic E-state index is 0.0417. The van der Waals surface area contributed by atoms with Gasteiger partial charge in [0.1, 0.15) is 5.82 Å². The van der Waals surface area contributed by atoms with Crippen LogP contribution in [0.15, 0.2) is 35.3 Å². The van der Waals surface area contributed by atoms with E-state index >= 15 is 0 Å². The summed E-state index contributed by atoms with van der Waals surface area (Å²) in [5, 5.41) is 13.4. The fourth-order valence-electron chi connectivity index (χ4n) is 3.58. The van der Waals surface area contributed by atoms with Gasteiger partial charge >= 0.3 is 0 Å². The monoisotopic (exact) mass is 367 g/mol. The highest BCUT2D eigenvalue weighted by atomic mass is 16.1. The van der Waals surface area contributed by atoms with E-state index in [1.54, 1.807) is 17.7 Å². The summed E-state index contributed by atoms with van der Waals surface area (Å²) in [6.07, 6.45) is 3.86. The molecule has 0 radical (unpaired) electrons. The van der Waals surface area contributed by atoms with Gasteiger partial charge in [0.15, 0.2) is 11.5 Å². The van der Waals surface area contributed by atoms with Crippen LogP contribution in [-0.4, -0.2) is 56.5 Å². The van der Waals surface area contributed by atoms with Crippen molar-refractivity contribution in [3.63, 3.8) is 0 Å². The number of pyridine rings is 1. The molecule has 0 aromatic carbocycles. The van der Waals surface area contributed by atoms with E-state index in [4.69, 9.17) is 0 Å². The van der Waals surface area contributed by atoms with Crippen molar-refractivity contribution in [2.75, 3.05) is 32.1 Å². The lowest BCUT2D eigenvalue weighted by atomic mass is 9.96. The molecule has 0 bridgehead atoms. The number of aromatic nitrogens is 5. The van der Waals surface area contributed by atoms with Crippen molar-refractivity contribution < 1.29 is 0 Å². The van der Waals surface area contributed by atoms with E-state index in [-0.39, 0.29) is 5.56 Å². The first-order valence-electron chi connectivity index (χ1n) is 9.29. The van der Waals surface area contributed by atoms with Crippen LogP contribution in [0.2, 0.25) is 0 Å². The molecule has 0 saturated carbocycles. The summed E-state index contributed by atoms with van der Waals surface area (Å²) in [6, 6.07) is 7.67. The first-order valence-corrected chi connectivity index (χ1v) is 9.29.